The van der Waals surface area contributed by atoms with Crippen molar-refractivity contribution in [2.24, 2.45) is 0 Å². The van der Waals surface area contributed by atoms with Crippen molar-refractivity contribution in [3.05, 3.63) is 120 Å². The predicted octanol–water partition coefficient (Wildman–Crippen LogP) is 9.54. The first-order chi connectivity index (χ1) is 25.2. The molecule has 16 heteroatoms. The number of esters is 1. The number of carbonyl (C=O) groups is 2. The number of fused-ring (bicyclic) bond motifs is 2. The molecule has 4 aromatic carbocycles. The fourth-order valence-corrected chi connectivity index (χ4v) is 6.64. The zero-order chi connectivity index (χ0) is 36.2. The molecule has 0 aliphatic heterocycles. The van der Waals surface area contributed by atoms with Gasteiger partial charge < -0.3 is 29.5 Å². The Hall–Kier alpha value is -6.52. The Morgan fingerprint density at radius 3 is 1.60 bits per heavy atom. The number of benzene rings is 4. The van der Waals surface area contributed by atoms with Gasteiger partial charge in [0.05, 0.1) is 27.0 Å². The Bertz CT molecular complexity index is 2530. The molecular formula is C36H24F2N6O6S2. The van der Waals surface area contributed by atoms with E-state index in [9.17, 15) is 18.4 Å². The van der Waals surface area contributed by atoms with Crippen molar-refractivity contribution in [1.29, 1.82) is 0 Å². The van der Waals surface area contributed by atoms with Crippen LogP contribution in [0, 0.1) is 11.6 Å². The number of nitrogens with zero attached hydrogens (tertiary/aromatic N) is 4. The van der Waals surface area contributed by atoms with E-state index in [2.05, 4.69) is 30.9 Å². The molecule has 0 aliphatic rings. The van der Waals surface area contributed by atoms with Gasteiger partial charge in [-0.1, -0.05) is 57.3 Å². The summed E-state index contributed by atoms with van der Waals surface area (Å²) < 4.78 is 42.7. The molecule has 4 heterocycles. The monoisotopic (exact) mass is 738 g/mol. The number of hydrogen-bond donors (Lipinski definition) is 3. The van der Waals surface area contributed by atoms with Crippen LogP contribution in [-0.4, -0.2) is 43.9 Å². The van der Waals surface area contributed by atoms with Gasteiger partial charge in [-0.05, 0) is 67.6 Å². The molecule has 12 nitrogen and oxygen atoms in total. The van der Waals surface area contributed by atoms with E-state index in [0.717, 1.165) is 42.9 Å². The molecule has 0 bridgehead atoms. The molecule has 260 valence electrons. The number of ether oxygens (including phenoxy) is 1. The van der Waals surface area contributed by atoms with Crippen LogP contribution in [0.1, 0.15) is 28.0 Å². The average molecular weight is 739 g/mol. The maximum absolute atomic E-state index is 13.3. The van der Waals surface area contributed by atoms with Gasteiger partial charge in [-0.3, -0.25) is 0 Å². The highest BCUT2D eigenvalue weighted by molar-refractivity contribution is 7.22. The Morgan fingerprint density at radius 2 is 1.15 bits per heavy atom. The van der Waals surface area contributed by atoms with Crippen molar-refractivity contribution in [1.82, 2.24) is 20.3 Å². The molecule has 0 spiro atoms. The number of aromatic nitrogens is 4. The van der Waals surface area contributed by atoms with Crippen LogP contribution >= 0.6 is 22.7 Å². The number of aromatic carboxylic acids is 1. The van der Waals surface area contributed by atoms with Crippen molar-refractivity contribution >= 4 is 76.7 Å². The minimum atomic E-state index is -1.16. The van der Waals surface area contributed by atoms with E-state index in [4.69, 9.17) is 18.9 Å². The molecule has 8 rings (SSSR count). The number of hydrogen-bond acceptors (Lipinski definition) is 13. The predicted molar refractivity (Wildman–Crippen MR) is 193 cm³/mol. The van der Waals surface area contributed by atoms with Gasteiger partial charge in [-0.2, -0.15) is 0 Å². The van der Waals surface area contributed by atoms with Gasteiger partial charge in [0.25, 0.3) is 0 Å². The highest BCUT2D eigenvalue weighted by Gasteiger charge is 2.16. The summed E-state index contributed by atoms with van der Waals surface area (Å²) in [4.78, 5) is 31.3. The van der Waals surface area contributed by atoms with E-state index >= 15 is 0 Å². The Morgan fingerprint density at radius 1 is 0.692 bits per heavy atom. The second-order valence-electron chi connectivity index (χ2n) is 10.8. The molecule has 0 atom stereocenters. The molecule has 0 fully saturated rings. The number of rotatable bonds is 9. The average Bonchev–Trinajstić information content (AvgIpc) is 3.95. The van der Waals surface area contributed by atoms with E-state index in [-0.39, 0.29) is 29.8 Å². The molecule has 0 saturated carbocycles. The van der Waals surface area contributed by atoms with Crippen LogP contribution in [0.2, 0.25) is 0 Å². The number of nitrogens with one attached hydrogen (secondary N) is 2. The standard InChI is InChI=1S/C19H14FN3O3S.C17H10FN3O3S/c1-2-25-18(24)16-10-15(23-26-16)11-3-6-13(7-4-11)21-19-22-14-8-5-12(20)9-17(14)27-19;18-10-3-6-12-15(7-10)25-17(20-12)19-11-4-1-9(2-5-11)13-8-14(16(22)23)24-21-13/h3-10H,2H2,1H3,(H,21,22);1-8H,(H,19,20)(H,22,23). The van der Waals surface area contributed by atoms with Crippen LogP contribution in [0.15, 0.2) is 106 Å². The lowest BCUT2D eigenvalue weighted by molar-refractivity contribution is 0.0479. The van der Waals surface area contributed by atoms with Crippen molar-refractivity contribution < 1.29 is 37.3 Å². The van der Waals surface area contributed by atoms with Crippen LogP contribution in [-0.2, 0) is 4.74 Å². The normalized spacial score (nSPS) is 10.9. The Kier molecular flexibility index (Phi) is 9.64. The smallest absolute Gasteiger partial charge is 0.377 e. The van der Waals surface area contributed by atoms with E-state index in [1.807, 2.05) is 36.4 Å². The van der Waals surface area contributed by atoms with Gasteiger partial charge in [-0.15, -0.1) is 0 Å². The third-order valence-corrected chi connectivity index (χ3v) is 9.14. The maximum Gasteiger partial charge on any atom is 0.377 e. The number of thiazole rings is 2. The molecule has 0 saturated heterocycles. The molecule has 3 N–H and O–H groups in total. The fourth-order valence-electron chi connectivity index (χ4n) is 4.82. The minimum Gasteiger partial charge on any atom is -0.475 e. The van der Waals surface area contributed by atoms with E-state index < -0.39 is 11.9 Å². The lowest BCUT2D eigenvalue weighted by atomic mass is 10.1. The van der Waals surface area contributed by atoms with Gasteiger partial charge in [-0.25, -0.2) is 28.3 Å². The van der Waals surface area contributed by atoms with Gasteiger partial charge in [0.1, 0.15) is 23.0 Å². The van der Waals surface area contributed by atoms with Gasteiger partial charge in [0.15, 0.2) is 10.3 Å². The van der Waals surface area contributed by atoms with Crippen molar-refractivity contribution in [3.8, 4) is 22.5 Å². The first kappa shape index (κ1) is 34.0. The van der Waals surface area contributed by atoms with Gasteiger partial charge in [0.2, 0.25) is 11.5 Å². The van der Waals surface area contributed by atoms with Crippen LogP contribution in [0.3, 0.4) is 0 Å². The molecule has 52 heavy (non-hydrogen) atoms. The molecule has 0 unspecified atom stereocenters. The summed E-state index contributed by atoms with van der Waals surface area (Å²) in [6.07, 6.45) is 0. The van der Waals surface area contributed by atoms with Gasteiger partial charge in [0, 0.05) is 34.6 Å². The van der Waals surface area contributed by atoms with Crippen molar-refractivity contribution in [2.75, 3.05) is 17.2 Å². The van der Waals surface area contributed by atoms with Crippen LogP contribution in [0.25, 0.3) is 42.9 Å². The fraction of sp³-hybridized carbons (Fsp3) is 0.0556. The van der Waals surface area contributed by atoms with E-state index in [1.165, 1.54) is 53.0 Å². The number of carboxylic acid groups (broad SMARTS) is 1. The first-order valence-electron chi connectivity index (χ1n) is 15.4. The highest BCUT2D eigenvalue weighted by atomic mass is 32.1. The Balaban J connectivity index is 0.000000162. The lowest BCUT2D eigenvalue weighted by Gasteiger charge is -2.03. The minimum absolute atomic E-state index is 0.0655. The molecule has 0 aliphatic carbocycles. The van der Waals surface area contributed by atoms with Gasteiger partial charge >= 0.3 is 11.9 Å². The second kappa shape index (κ2) is 14.8. The summed E-state index contributed by atoms with van der Waals surface area (Å²) in [5.74, 6) is -2.42. The van der Waals surface area contributed by atoms with Crippen molar-refractivity contribution in [3.63, 3.8) is 0 Å². The molecule has 0 radical (unpaired) electrons. The Labute approximate surface area is 300 Å². The summed E-state index contributed by atoms with van der Waals surface area (Å²) >= 11 is 2.74. The molecule has 4 aromatic heterocycles. The SMILES string of the molecule is CCOC(=O)c1cc(-c2ccc(Nc3nc4ccc(F)cc4s3)cc2)no1.O=C(O)c1cc(-c2ccc(Nc3nc4ccc(F)cc4s3)cc2)no1. The third-order valence-electron chi connectivity index (χ3n) is 7.27. The number of anilines is 4. The lowest BCUT2D eigenvalue weighted by Crippen LogP contribution is -2.02. The second-order valence-corrected chi connectivity index (χ2v) is 12.9. The van der Waals surface area contributed by atoms with E-state index in [0.29, 0.717) is 21.7 Å². The number of carbonyl (C=O) groups excluding carboxylic acids is 1. The molecule has 0 amide bonds. The van der Waals surface area contributed by atoms with Crippen LogP contribution in [0.4, 0.5) is 30.4 Å². The zero-order valence-electron chi connectivity index (χ0n) is 26.8. The zero-order valence-corrected chi connectivity index (χ0v) is 28.4. The van der Waals surface area contributed by atoms with Crippen LogP contribution in [0.5, 0.6) is 0 Å². The summed E-state index contributed by atoms with van der Waals surface area (Å²) in [6, 6.07) is 26.5. The molecular weight excluding hydrogens is 715 g/mol. The summed E-state index contributed by atoms with van der Waals surface area (Å²) in [5, 5.41) is 24.2. The summed E-state index contributed by atoms with van der Waals surface area (Å²) in [5.41, 5.74) is 5.61. The third kappa shape index (κ3) is 7.77. The van der Waals surface area contributed by atoms with Crippen molar-refractivity contribution in [2.45, 2.75) is 6.92 Å². The van der Waals surface area contributed by atoms with E-state index in [1.54, 1.807) is 37.3 Å². The number of carboxylic acids is 1. The highest BCUT2D eigenvalue weighted by Crippen LogP contribution is 2.31. The maximum atomic E-state index is 13.3. The van der Waals surface area contributed by atoms with Crippen LogP contribution < -0.4 is 10.6 Å². The first-order valence-corrected chi connectivity index (χ1v) is 17.0. The molecule has 8 aromatic rings. The summed E-state index contributed by atoms with van der Waals surface area (Å²) in [6.45, 7) is 2.00. The largest absolute Gasteiger partial charge is 0.475 e. The number of halogens is 2. The summed E-state index contributed by atoms with van der Waals surface area (Å²) in [7, 11) is 0. The quantitative estimate of drug-likeness (QED) is 0.120. The topological polar surface area (TPSA) is 166 Å².